The molecule has 2 nitrogen and oxygen atoms in total. The molecule has 11 heavy (non-hydrogen) atoms. The maximum atomic E-state index is 10.5. The van der Waals surface area contributed by atoms with E-state index in [1.54, 1.807) is 0 Å². The summed E-state index contributed by atoms with van der Waals surface area (Å²) in [5, 5.41) is 0. The van der Waals surface area contributed by atoms with Crippen LogP contribution < -0.4 is 5.73 Å². The highest BCUT2D eigenvalue weighted by molar-refractivity contribution is 6.77. The molecule has 0 aromatic carbocycles. The van der Waals surface area contributed by atoms with Crippen molar-refractivity contribution in [3.8, 4) is 0 Å². The Morgan fingerprint density at radius 1 is 1.36 bits per heavy atom. The SMILES string of the molecule is CCC[Si](C)(C)CCC(N)=O. The van der Waals surface area contributed by atoms with Gasteiger partial charge >= 0.3 is 0 Å². The van der Waals surface area contributed by atoms with Gasteiger partial charge in [0.2, 0.25) is 5.91 Å². The topological polar surface area (TPSA) is 43.1 Å². The quantitative estimate of drug-likeness (QED) is 0.635. The molecule has 0 aliphatic heterocycles. The number of hydrogen-bond acceptors (Lipinski definition) is 1. The van der Waals surface area contributed by atoms with E-state index in [2.05, 4.69) is 20.0 Å². The van der Waals surface area contributed by atoms with Crippen molar-refractivity contribution in [3.05, 3.63) is 0 Å². The van der Waals surface area contributed by atoms with E-state index < -0.39 is 8.07 Å². The lowest BCUT2D eigenvalue weighted by Crippen LogP contribution is -2.26. The number of carbonyl (C=O) groups is 1. The van der Waals surface area contributed by atoms with Crippen molar-refractivity contribution < 1.29 is 4.79 Å². The molecule has 0 saturated carbocycles. The number of hydrogen-bond donors (Lipinski definition) is 1. The predicted octanol–water partition coefficient (Wildman–Crippen LogP) is 1.98. The summed E-state index contributed by atoms with van der Waals surface area (Å²) in [4.78, 5) is 10.5. The van der Waals surface area contributed by atoms with Gasteiger partial charge in [-0.15, -0.1) is 0 Å². The number of nitrogens with two attached hydrogens (primary N) is 1. The van der Waals surface area contributed by atoms with Crippen molar-refractivity contribution in [2.24, 2.45) is 5.73 Å². The Kier molecular flexibility index (Phi) is 4.41. The first kappa shape index (κ1) is 10.7. The van der Waals surface area contributed by atoms with E-state index in [1.165, 1.54) is 12.5 Å². The van der Waals surface area contributed by atoms with E-state index in [0.29, 0.717) is 6.42 Å². The normalized spacial score (nSPS) is 11.5. The zero-order valence-electron chi connectivity index (χ0n) is 7.81. The summed E-state index contributed by atoms with van der Waals surface area (Å²) in [5.41, 5.74) is 5.08. The lowest BCUT2D eigenvalue weighted by Gasteiger charge is -2.20. The molecule has 0 saturated heterocycles. The molecule has 2 N–H and O–H groups in total. The molecule has 0 aliphatic rings. The molecule has 0 atom stereocenters. The minimum absolute atomic E-state index is 0.151. The van der Waals surface area contributed by atoms with Gasteiger partial charge in [-0.1, -0.05) is 32.5 Å². The van der Waals surface area contributed by atoms with Crippen molar-refractivity contribution in [1.29, 1.82) is 0 Å². The fourth-order valence-corrected chi connectivity index (χ4v) is 3.79. The van der Waals surface area contributed by atoms with Gasteiger partial charge in [-0.2, -0.15) is 0 Å². The third-order valence-electron chi connectivity index (χ3n) is 1.97. The fraction of sp³-hybridized carbons (Fsp3) is 0.875. The maximum absolute atomic E-state index is 10.5. The van der Waals surface area contributed by atoms with Crippen LogP contribution in [0, 0.1) is 0 Å². The van der Waals surface area contributed by atoms with Crippen LogP contribution in [0.4, 0.5) is 0 Å². The molecule has 0 heterocycles. The summed E-state index contributed by atoms with van der Waals surface area (Å²) < 4.78 is 0. The Morgan fingerprint density at radius 2 is 1.91 bits per heavy atom. The first-order valence-corrected chi connectivity index (χ1v) is 7.67. The van der Waals surface area contributed by atoms with Crippen molar-refractivity contribution >= 4 is 14.0 Å². The smallest absolute Gasteiger partial charge is 0.217 e. The standard InChI is InChI=1S/C8H19NOSi/c1-4-6-11(2,3)7-5-8(9)10/h4-7H2,1-3H3,(H2,9,10). The average molecular weight is 173 g/mol. The van der Waals surface area contributed by atoms with Crippen LogP contribution in [0.5, 0.6) is 0 Å². The Bertz CT molecular complexity index is 134. The zero-order valence-corrected chi connectivity index (χ0v) is 8.81. The average Bonchev–Trinajstić information content (AvgIpc) is 1.84. The molecule has 0 aromatic rings. The van der Waals surface area contributed by atoms with Gasteiger partial charge in [0.05, 0.1) is 0 Å². The van der Waals surface area contributed by atoms with Crippen LogP contribution in [-0.4, -0.2) is 14.0 Å². The molecular weight excluding hydrogens is 154 g/mol. The third-order valence-corrected chi connectivity index (χ3v) is 5.43. The lowest BCUT2D eigenvalue weighted by atomic mass is 10.5. The number of amides is 1. The zero-order chi connectivity index (χ0) is 8.91. The molecule has 66 valence electrons. The predicted molar refractivity (Wildman–Crippen MR) is 51.2 cm³/mol. The summed E-state index contributed by atoms with van der Waals surface area (Å²) in [6.07, 6.45) is 1.82. The van der Waals surface area contributed by atoms with E-state index in [0.717, 1.165) is 6.04 Å². The van der Waals surface area contributed by atoms with Crippen molar-refractivity contribution in [2.45, 2.75) is 44.9 Å². The van der Waals surface area contributed by atoms with Crippen LogP contribution in [0.3, 0.4) is 0 Å². The summed E-state index contributed by atoms with van der Waals surface area (Å²) in [6.45, 7) is 6.83. The number of rotatable bonds is 5. The largest absolute Gasteiger partial charge is 0.370 e. The van der Waals surface area contributed by atoms with Gasteiger partial charge < -0.3 is 5.73 Å². The van der Waals surface area contributed by atoms with Gasteiger partial charge in [-0.05, 0) is 6.04 Å². The van der Waals surface area contributed by atoms with Crippen molar-refractivity contribution in [2.75, 3.05) is 0 Å². The van der Waals surface area contributed by atoms with E-state index in [9.17, 15) is 4.79 Å². The monoisotopic (exact) mass is 173 g/mol. The molecule has 3 heteroatoms. The van der Waals surface area contributed by atoms with Gasteiger partial charge in [-0.3, -0.25) is 4.79 Å². The third kappa shape index (κ3) is 6.10. The molecule has 0 spiro atoms. The summed E-state index contributed by atoms with van der Waals surface area (Å²) in [5.74, 6) is -0.151. The highest BCUT2D eigenvalue weighted by Crippen LogP contribution is 2.18. The van der Waals surface area contributed by atoms with Crippen LogP contribution in [0.2, 0.25) is 25.2 Å². The molecule has 0 aromatic heterocycles. The number of carbonyl (C=O) groups excluding carboxylic acids is 1. The minimum atomic E-state index is -1.07. The van der Waals surface area contributed by atoms with Gasteiger partial charge in [-0.25, -0.2) is 0 Å². The Labute approximate surface area is 70.2 Å². The molecule has 0 radical (unpaired) electrons. The minimum Gasteiger partial charge on any atom is -0.370 e. The maximum Gasteiger partial charge on any atom is 0.217 e. The fourth-order valence-electron chi connectivity index (χ4n) is 1.26. The molecule has 1 amide bonds. The lowest BCUT2D eigenvalue weighted by molar-refractivity contribution is -0.117. The van der Waals surface area contributed by atoms with Crippen LogP contribution >= 0.6 is 0 Å². The van der Waals surface area contributed by atoms with Crippen LogP contribution in [0.15, 0.2) is 0 Å². The van der Waals surface area contributed by atoms with Crippen LogP contribution in [0.25, 0.3) is 0 Å². The second-order valence-electron chi connectivity index (χ2n) is 3.88. The van der Waals surface area contributed by atoms with E-state index in [4.69, 9.17) is 5.73 Å². The van der Waals surface area contributed by atoms with Gasteiger partial charge in [0.25, 0.3) is 0 Å². The van der Waals surface area contributed by atoms with Crippen molar-refractivity contribution in [3.63, 3.8) is 0 Å². The van der Waals surface area contributed by atoms with Crippen molar-refractivity contribution in [1.82, 2.24) is 0 Å². The summed E-state index contributed by atoms with van der Waals surface area (Å²) in [7, 11) is -1.07. The molecule has 0 aliphatic carbocycles. The van der Waals surface area contributed by atoms with Crippen LogP contribution in [-0.2, 0) is 4.79 Å². The highest BCUT2D eigenvalue weighted by atomic mass is 28.3. The Morgan fingerprint density at radius 3 is 2.27 bits per heavy atom. The Hall–Kier alpha value is -0.313. The van der Waals surface area contributed by atoms with Crippen LogP contribution in [0.1, 0.15) is 19.8 Å². The molecule has 0 fully saturated rings. The highest BCUT2D eigenvalue weighted by Gasteiger charge is 2.19. The molecule has 0 rings (SSSR count). The van der Waals surface area contributed by atoms with E-state index >= 15 is 0 Å². The molecule has 0 unspecified atom stereocenters. The van der Waals surface area contributed by atoms with Gasteiger partial charge in [0.15, 0.2) is 0 Å². The van der Waals surface area contributed by atoms with E-state index in [1.807, 2.05) is 0 Å². The van der Waals surface area contributed by atoms with Gasteiger partial charge in [0.1, 0.15) is 0 Å². The van der Waals surface area contributed by atoms with Gasteiger partial charge in [0, 0.05) is 14.5 Å². The summed E-state index contributed by atoms with van der Waals surface area (Å²) >= 11 is 0. The first-order valence-electron chi connectivity index (χ1n) is 4.26. The second-order valence-corrected chi connectivity index (χ2v) is 9.21. The molecule has 0 bridgehead atoms. The van der Waals surface area contributed by atoms with E-state index in [-0.39, 0.29) is 5.91 Å². The summed E-state index contributed by atoms with van der Waals surface area (Å²) in [6, 6.07) is 2.36. The molecular formula is C8H19NOSi. The number of primary amides is 1. The first-order chi connectivity index (χ1) is 4.98. The second kappa shape index (κ2) is 4.54. The Balaban J connectivity index is 3.63.